The number of hydrogen-bond acceptors (Lipinski definition) is 4. The van der Waals surface area contributed by atoms with Crippen LogP contribution < -0.4 is 0 Å². The number of ketones is 1. The molecule has 0 saturated carbocycles. The minimum Gasteiger partial charge on any atom is -0.335 e. The van der Waals surface area contributed by atoms with E-state index in [4.69, 9.17) is 0 Å². The van der Waals surface area contributed by atoms with Gasteiger partial charge < -0.3 is 4.90 Å². The van der Waals surface area contributed by atoms with Crippen molar-refractivity contribution in [2.24, 2.45) is 0 Å². The minimum absolute atomic E-state index is 0.0460. The monoisotopic (exact) mass is 440 g/mol. The van der Waals surface area contributed by atoms with Crippen molar-refractivity contribution >= 4 is 23.0 Å². The summed E-state index contributed by atoms with van der Waals surface area (Å²) in [6.07, 6.45) is 0. The van der Waals surface area contributed by atoms with E-state index in [-0.39, 0.29) is 29.4 Å². The van der Waals surface area contributed by atoms with Crippen molar-refractivity contribution in [1.82, 2.24) is 9.80 Å². The van der Waals surface area contributed by atoms with Gasteiger partial charge in [-0.3, -0.25) is 14.5 Å². The maximum atomic E-state index is 13.5. The number of hydrogen-bond donors (Lipinski definition) is 0. The molecule has 1 aromatic heterocycles. The van der Waals surface area contributed by atoms with E-state index in [0.29, 0.717) is 35.9 Å². The van der Waals surface area contributed by atoms with E-state index >= 15 is 0 Å². The van der Waals surface area contributed by atoms with E-state index < -0.39 is 0 Å². The molecule has 1 saturated heterocycles. The zero-order valence-electron chi connectivity index (χ0n) is 17.1. The SMILES string of the molecule is CC(=O)c1ccc(C(=O)N2CCN(C(c3ccc(F)cc3)c3ccc(F)cc3)CC2)s1. The highest BCUT2D eigenvalue weighted by Gasteiger charge is 2.29. The Balaban J connectivity index is 1.52. The molecular weight excluding hydrogens is 418 g/mol. The lowest BCUT2D eigenvalue weighted by Crippen LogP contribution is -2.49. The first-order chi connectivity index (χ1) is 14.9. The number of nitrogens with zero attached hydrogens (tertiary/aromatic N) is 2. The molecule has 0 radical (unpaired) electrons. The first-order valence-electron chi connectivity index (χ1n) is 10.1. The number of benzene rings is 2. The Labute approximate surface area is 183 Å². The van der Waals surface area contributed by atoms with Crippen LogP contribution in [0.2, 0.25) is 0 Å². The van der Waals surface area contributed by atoms with Crippen LogP contribution in [-0.2, 0) is 0 Å². The average molecular weight is 441 g/mol. The molecule has 0 N–H and O–H groups in total. The van der Waals surface area contributed by atoms with Gasteiger partial charge in [-0.15, -0.1) is 11.3 Å². The molecule has 1 aliphatic rings. The molecule has 1 amide bonds. The lowest BCUT2D eigenvalue weighted by molar-refractivity contribution is 0.0602. The highest BCUT2D eigenvalue weighted by Crippen LogP contribution is 2.30. The summed E-state index contributed by atoms with van der Waals surface area (Å²) in [7, 11) is 0. The number of rotatable bonds is 5. The number of thiophene rings is 1. The van der Waals surface area contributed by atoms with Crippen LogP contribution in [0, 0.1) is 11.6 Å². The lowest BCUT2D eigenvalue weighted by Gasteiger charge is -2.39. The highest BCUT2D eigenvalue weighted by atomic mass is 32.1. The average Bonchev–Trinajstić information content (AvgIpc) is 3.27. The summed E-state index contributed by atoms with van der Waals surface area (Å²) in [5, 5.41) is 0. The first-order valence-corrected chi connectivity index (χ1v) is 10.9. The summed E-state index contributed by atoms with van der Waals surface area (Å²) in [5.41, 5.74) is 1.83. The number of Topliss-reactive ketones (excluding diaryl/α,β-unsaturated/α-hetero) is 1. The summed E-state index contributed by atoms with van der Waals surface area (Å²) >= 11 is 1.22. The van der Waals surface area contributed by atoms with Crippen LogP contribution in [0.3, 0.4) is 0 Å². The quantitative estimate of drug-likeness (QED) is 0.537. The Morgan fingerprint density at radius 1 is 0.774 bits per heavy atom. The second-order valence-corrected chi connectivity index (χ2v) is 8.64. The second-order valence-electron chi connectivity index (χ2n) is 7.55. The van der Waals surface area contributed by atoms with E-state index in [1.807, 2.05) is 0 Å². The number of carbonyl (C=O) groups excluding carboxylic acids is 2. The molecule has 0 unspecified atom stereocenters. The van der Waals surface area contributed by atoms with Crippen molar-refractivity contribution in [2.75, 3.05) is 26.2 Å². The summed E-state index contributed by atoms with van der Waals surface area (Å²) in [5.74, 6) is -0.733. The van der Waals surface area contributed by atoms with Gasteiger partial charge in [-0.1, -0.05) is 24.3 Å². The van der Waals surface area contributed by atoms with E-state index in [9.17, 15) is 18.4 Å². The largest absolute Gasteiger partial charge is 0.335 e. The molecule has 4 nitrogen and oxygen atoms in total. The maximum absolute atomic E-state index is 13.5. The summed E-state index contributed by atoms with van der Waals surface area (Å²) in [4.78, 5) is 29.5. The standard InChI is InChI=1S/C24H22F2N2O2S/c1-16(29)21-10-11-22(31-21)24(30)28-14-12-27(13-15-28)23(17-2-6-19(25)7-3-17)18-4-8-20(26)9-5-18/h2-11,23H,12-15H2,1H3. The zero-order chi connectivity index (χ0) is 22.0. The van der Waals surface area contributed by atoms with Crippen LogP contribution in [0.25, 0.3) is 0 Å². The van der Waals surface area contributed by atoms with Gasteiger partial charge in [0.2, 0.25) is 0 Å². The van der Waals surface area contributed by atoms with Gasteiger partial charge in [0.1, 0.15) is 11.6 Å². The number of amides is 1. The van der Waals surface area contributed by atoms with Gasteiger partial charge in [0.15, 0.2) is 5.78 Å². The normalized spacial score (nSPS) is 14.8. The fourth-order valence-corrected chi connectivity index (χ4v) is 4.75. The molecule has 3 aromatic rings. The predicted molar refractivity (Wildman–Crippen MR) is 116 cm³/mol. The fourth-order valence-electron chi connectivity index (χ4n) is 3.89. The van der Waals surface area contributed by atoms with Crippen molar-refractivity contribution in [1.29, 1.82) is 0 Å². The highest BCUT2D eigenvalue weighted by molar-refractivity contribution is 7.15. The Bertz CT molecular complexity index is 1030. The number of halogens is 2. The molecular formula is C24H22F2N2O2S. The lowest BCUT2D eigenvalue weighted by atomic mass is 9.96. The van der Waals surface area contributed by atoms with Crippen LogP contribution in [0.5, 0.6) is 0 Å². The second kappa shape index (κ2) is 9.08. The molecule has 0 atom stereocenters. The van der Waals surface area contributed by atoms with E-state index in [2.05, 4.69) is 4.90 Å². The molecule has 160 valence electrons. The molecule has 7 heteroatoms. The molecule has 2 aromatic carbocycles. The van der Waals surface area contributed by atoms with Crippen LogP contribution in [0.1, 0.15) is 43.4 Å². The Hall–Kier alpha value is -2.90. The molecule has 4 rings (SSSR count). The first kappa shape index (κ1) is 21.3. The van der Waals surface area contributed by atoms with Gasteiger partial charge in [-0.2, -0.15) is 0 Å². The van der Waals surface area contributed by atoms with Crippen molar-refractivity contribution in [3.63, 3.8) is 0 Å². The molecule has 0 spiro atoms. The number of carbonyl (C=O) groups is 2. The molecule has 0 aliphatic carbocycles. The Kier molecular flexibility index (Phi) is 6.25. The molecule has 0 bridgehead atoms. The summed E-state index contributed by atoms with van der Waals surface area (Å²) in [6.45, 7) is 3.80. The van der Waals surface area contributed by atoms with Crippen LogP contribution in [-0.4, -0.2) is 47.7 Å². The van der Waals surface area contributed by atoms with Gasteiger partial charge in [-0.25, -0.2) is 8.78 Å². The molecule has 31 heavy (non-hydrogen) atoms. The topological polar surface area (TPSA) is 40.6 Å². The van der Waals surface area contributed by atoms with Crippen molar-refractivity contribution < 1.29 is 18.4 Å². The fraction of sp³-hybridized carbons (Fsp3) is 0.250. The summed E-state index contributed by atoms with van der Waals surface area (Å²) < 4.78 is 26.9. The van der Waals surface area contributed by atoms with Crippen LogP contribution in [0.15, 0.2) is 60.7 Å². The van der Waals surface area contributed by atoms with Gasteiger partial charge in [-0.05, 0) is 54.4 Å². The third kappa shape index (κ3) is 4.73. The van der Waals surface area contributed by atoms with Crippen molar-refractivity contribution in [3.8, 4) is 0 Å². The van der Waals surface area contributed by atoms with Gasteiger partial charge in [0, 0.05) is 26.2 Å². The molecule has 2 heterocycles. The van der Waals surface area contributed by atoms with Gasteiger partial charge in [0.05, 0.1) is 15.8 Å². The smallest absolute Gasteiger partial charge is 0.264 e. The van der Waals surface area contributed by atoms with Crippen LogP contribution >= 0.6 is 11.3 Å². The third-order valence-electron chi connectivity index (χ3n) is 5.50. The Morgan fingerprint density at radius 3 is 1.71 bits per heavy atom. The van der Waals surface area contributed by atoms with Crippen molar-refractivity contribution in [3.05, 3.63) is 93.2 Å². The number of piperazine rings is 1. The summed E-state index contributed by atoms with van der Waals surface area (Å²) in [6, 6.07) is 15.9. The van der Waals surface area contributed by atoms with Gasteiger partial charge in [0.25, 0.3) is 5.91 Å². The van der Waals surface area contributed by atoms with Gasteiger partial charge >= 0.3 is 0 Å². The maximum Gasteiger partial charge on any atom is 0.264 e. The van der Waals surface area contributed by atoms with E-state index in [1.165, 1.54) is 42.5 Å². The Morgan fingerprint density at radius 2 is 1.26 bits per heavy atom. The third-order valence-corrected chi connectivity index (χ3v) is 6.68. The molecule has 1 fully saturated rings. The predicted octanol–water partition coefficient (Wildman–Crippen LogP) is 4.78. The van der Waals surface area contributed by atoms with E-state index in [0.717, 1.165) is 11.1 Å². The molecule has 1 aliphatic heterocycles. The zero-order valence-corrected chi connectivity index (χ0v) is 17.9. The van der Waals surface area contributed by atoms with Crippen LogP contribution in [0.4, 0.5) is 8.78 Å². The van der Waals surface area contributed by atoms with E-state index in [1.54, 1.807) is 41.3 Å². The minimum atomic E-state index is -0.307. The van der Waals surface area contributed by atoms with Crippen molar-refractivity contribution in [2.45, 2.75) is 13.0 Å².